The third-order valence-electron chi connectivity index (χ3n) is 4.04. The Balaban J connectivity index is 2.02. The maximum absolute atomic E-state index is 12.1. The molecule has 0 unspecified atom stereocenters. The minimum absolute atomic E-state index is 0.232. The highest BCUT2D eigenvalue weighted by Crippen LogP contribution is 2.35. The maximum Gasteiger partial charge on any atom is 0.340 e. The Labute approximate surface area is 159 Å². The number of anilines is 1. The summed E-state index contributed by atoms with van der Waals surface area (Å²) < 4.78 is 10.7. The van der Waals surface area contributed by atoms with Crippen molar-refractivity contribution in [1.29, 1.82) is 0 Å². The highest BCUT2D eigenvalue weighted by atomic mass is 79.9. The summed E-state index contributed by atoms with van der Waals surface area (Å²) in [5.74, 6) is 4.69. The van der Waals surface area contributed by atoms with Gasteiger partial charge in [0.15, 0.2) is 0 Å². The molecule has 0 spiro atoms. The van der Waals surface area contributed by atoms with Crippen LogP contribution in [0.4, 0.5) is 11.4 Å². The average Bonchev–Trinajstić information content (AvgIpc) is 2.69. The Hall–Kier alpha value is -2.52. The first-order valence-electron chi connectivity index (χ1n) is 7.97. The Kier molecular flexibility index (Phi) is 5.79. The van der Waals surface area contributed by atoms with Gasteiger partial charge < -0.3 is 20.2 Å². The van der Waals surface area contributed by atoms with Gasteiger partial charge in [0, 0.05) is 24.3 Å². The van der Waals surface area contributed by atoms with Gasteiger partial charge in [0.2, 0.25) is 0 Å². The van der Waals surface area contributed by atoms with E-state index in [9.17, 15) is 4.79 Å². The predicted octanol–water partition coefficient (Wildman–Crippen LogP) is 3.09. The lowest BCUT2D eigenvalue weighted by atomic mass is 10.1. The number of nitrogens with zero attached hydrogens (tertiary/aromatic N) is 4. The molecule has 0 bridgehead atoms. The van der Waals surface area contributed by atoms with E-state index in [0.29, 0.717) is 10.3 Å². The zero-order valence-electron chi connectivity index (χ0n) is 14.2. The summed E-state index contributed by atoms with van der Waals surface area (Å²) in [5, 5.41) is 7.23. The third kappa shape index (κ3) is 3.83. The molecule has 1 aliphatic heterocycles. The standard InChI is InChI=1S/C17H18BrN5O3/c1-25-17(24)13-10-14(18)20-15(16(13)21-22-19)11-2-4-12(5-3-11)23-6-8-26-9-7-23/h2-5,10H,6-9H2,1H3,(H2,19,21). The number of ether oxygens (including phenoxy) is 2. The molecule has 1 aliphatic rings. The number of rotatable bonds is 4. The van der Waals surface area contributed by atoms with Gasteiger partial charge >= 0.3 is 5.97 Å². The summed E-state index contributed by atoms with van der Waals surface area (Å²) in [6, 6.07) is 9.39. The summed E-state index contributed by atoms with van der Waals surface area (Å²) >= 11 is 3.33. The number of pyridine rings is 1. The van der Waals surface area contributed by atoms with Crippen molar-refractivity contribution < 1.29 is 14.3 Å². The van der Waals surface area contributed by atoms with E-state index in [1.165, 1.54) is 13.2 Å². The zero-order valence-corrected chi connectivity index (χ0v) is 15.8. The van der Waals surface area contributed by atoms with Crippen LogP contribution in [0.2, 0.25) is 0 Å². The van der Waals surface area contributed by atoms with Gasteiger partial charge in [-0.1, -0.05) is 17.4 Å². The number of esters is 1. The molecule has 8 nitrogen and oxygen atoms in total. The molecule has 1 fully saturated rings. The molecule has 0 atom stereocenters. The Morgan fingerprint density at radius 1 is 1.31 bits per heavy atom. The smallest absolute Gasteiger partial charge is 0.340 e. The van der Waals surface area contributed by atoms with E-state index in [0.717, 1.165) is 37.6 Å². The number of carbonyl (C=O) groups excluding carboxylic acids is 1. The third-order valence-corrected chi connectivity index (χ3v) is 4.45. The highest BCUT2D eigenvalue weighted by Gasteiger charge is 2.20. The van der Waals surface area contributed by atoms with Gasteiger partial charge in [0.05, 0.1) is 25.9 Å². The second-order valence-electron chi connectivity index (χ2n) is 5.54. The Bertz CT molecular complexity index is 820. The summed E-state index contributed by atoms with van der Waals surface area (Å²) in [7, 11) is 1.30. The van der Waals surface area contributed by atoms with Crippen molar-refractivity contribution in [3.63, 3.8) is 0 Å². The fourth-order valence-electron chi connectivity index (χ4n) is 2.78. The minimum Gasteiger partial charge on any atom is -0.465 e. The second-order valence-corrected chi connectivity index (χ2v) is 6.36. The van der Waals surface area contributed by atoms with Crippen molar-refractivity contribution >= 4 is 33.3 Å². The van der Waals surface area contributed by atoms with Crippen molar-refractivity contribution in [3.05, 3.63) is 40.5 Å². The second kappa shape index (κ2) is 8.24. The lowest BCUT2D eigenvalue weighted by molar-refractivity contribution is 0.0601. The molecular formula is C17H18BrN5O3. The van der Waals surface area contributed by atoms with E-state index >= 15 is 0 Å². The van der Waals surface area contributed by atoms with Crippen LogP contribution in [-0.2, 0) is 9.47 Å². The van der Waals surface area contributed by atoms with E-state index in [1.807, 2.05) is 24.3 Å². The molecule has 1 aromatic carbocycles. The first kappa shape index (κ1) is 18.3. The van der Waals surface area contributed by atoms with Crippen molar-refractivity contribution in [1.82, 2.24) is 4.98 Å². The number of benzene rings is 1. The quantitative estimate of drug-likeness (QED) is 0.268. The lowest BCUT2D eigenvalue weighted by Crippen LogP contribution is -2.36. The van der Waals surface area contributed by atoms with E-state index in [-0.39, 0.29) is 11.3 Å². The van der Waals surface area contributed by atoms with Crippen LogP contribution < -0.4 is 10.7 Å². The van der Waals surface area contributed by atoms with Gasteiger partial charge in [-0.25, -0.2) is 9.78 Å². The molecule has 0 saturated carbocycles. The number of hydrogen-bond donors (Lipinski definition) is 1. The van der Waals surface area contributed by atoms with Gasteiger partial charge in [-0.05, 0) is 34.1 Å². The van der Waals surface area contributed by atoms with Crippen LogP contribution in [0.3, 0.4) is 0 Å². The van der Waals surface area contributed by atoms with E-state index in [4.69, 9.17) is 15.3 Å². The molecule has 9 heteroatoms. The lowest BCUT2D eigenvalue weighted by Gasteiger charge is -2.28. The minimum atomic E-state index is -0.540. The fraction of sp³-hybridized carbons (Fsp3) is 0.294. The number of nitrogens with two attached hydrogens (primary N) is 1. The molecule has 0 radical (unpaired) electrons. The number of methoxy groups -OCH3 is 1. The number of carbonyl (C=O) groups is 1. The SMILES string of the molecule is COC(=O)c1cc(Br)nc(-c2ccc(N3CCOCC3)cc2)c1N=NN. The molecule has 26 heavy (non-hydrogen) atoms. The van der Waals surface area contributed by atoms with Crippen molar-refractivity contribution in [2.75, 3.05) is 38.3 Å². The summed E-state index contributed by atoms with van der Waals surface area (Å²) in [6.07, 6.45) is 0. The van der Waals surface area contributed by atoms with Crippen LogP contribution in [0.1, 0.15) is 10.4 Å². The van der Waals surface area contributed by atoms with Gasteiger partial charge in [-0.2, -0.15) is 0 Å². The fourth-order valence-corrected chi connectivity index (χ4v) is 3.19. The summed E-state index contributed by atoms with van der Waals surface area (Å²) in [6.45, 7) is 3.15. The molecule has 136 valence electrons. The van der Waals surface area contributed by atoms with Gasteiger partial charge in [-0.15, -0.1) is 5.11 Å². The van der Waals surface area contributed by atoms with Gasteiger partial charge in [0.25, 0.3) is 0 Å². The molecule has 2 N–H and O–H groups in total. The zero-order chi connectivity index (χ0) is 18.5. The molecule has 0 amide bonds. The van der Waals surface area contributed by atoms with Crippen LogP contribution in [0.25, 0.3) is 11.3 Å². The van der Waals surface area contributed by atoms with Crippen LogP contribution in [0.15, 0.2) is 45.3 Å². The number of morpholine rings is 1. The number of halogens is 1. The van der Waals surface area contributed by atoms with Crippen LogP contribution in [0.5, 0.6) is 0 Å². The van der Waals surface area contributed by atoms with Crippen molar-refractivity contribution in [3.8, 4) is 11.3 Å². The van der Waals surface area contributed by atoms with Gasteiger partial charge in [0.1, 0.15) is 16.0 Å². The average molecular weight is 420 g/mol. The molecule has 2 heterocycles. The van der Waals surface area contributed by atoms with Gasteiger partial charge in [-0.3, -0.25) is 0 Å². The number of aromatic nitrogens is 1. The van der Waals surface area contributed by atoms with Crippen molar-refractivity contribution in [2.24, 2.45) is 16.2 Å². The summed E-state index contributed by atoms with van der Waals surface area (Å²) in [5.41, 5.74) is 2.87. The topological polar surface area (TPSA) is 102 Å². The van der Waals surface area contributed by atoms with E-state index in [2.05, 4.69) is 36.2 Å². The molecule has 0 aliphatic carbocycles. The predicted molar refractivity (Wildman–Crippen MR) is 100 cm³/mol. The first-order valence-corrected chi connectivity index (χ1v) is 8.76. The molecule has 3 rings (SSSR count). The van der Waals surface area contributed by atoms with Crippen LogP contribution in [-0.4, -0.2) is 44.4 Å². The first-order chi connectivity index (χ1) is 12.6. The molecular weight excluding hydrogens is 402 g/mol. The molecule has 2 aromatic rings. The highest BCUT2D eigenvalue weighted by molar-refractivity contribution is 9.10. The summed E-state index contributed by atoms with van der Waals surface area (Å²) in [4.78, 5) is 18.8. The maximum atomic E-state index is 12.1. The Morgan fingerprint density at radius 2 is 2.00 bits per heavy atom. The largest absolute Gasteiger partial charge is 0.465 e. The normalized spacial score (nSPS) is 14.6. The van der Waals surface area contributed by atoms with Crippen LogP contribution in [0, 0.1) is 0 Å². The molecule has 1 saturated heterocycles. The van der Waals surface area contributed by atoms with Crippen LogP contribution >= 0.6 is 15.9 Å². The monoisotopic (exact) mass is 419 g/mol. The van der Waals surface area contributed by atoms with Crippen molar-refractivity contribution in [2.45, 2.75) is 0 Å². The molecule has 1 aromatic heterocycles. The Morgan fingerprint density at radius 3 is 2.62 bits per heavy atom. The van der Waals surface area contributed by atoms with E-state index < -0.39 is 5.97 Å². The number of hydrogen-bond acceptors (Lipinski definition) is 7. The van der Waals surface area contributed by atoms with E-state index in [1.54, 1.807) is 0 Å².